The van der Waals surface area contributed by atoms with Crippen LogP contribution in [0.4, 0.5) is 0 Å². The molecule has 0 saturated heterocycles. The van der Waals surface area contributed by atoms with Crippen LogP contribution in [-0.2, 0) is 0 Å². The lowest BCUT2D eigenvalue weighted by Crippen LogP contribution is -2.29. The van der Waals surface area contributed by atoms with Crippen LogP contribution in [0.15, 0.2) is 36.5 Å². The lowest BCUT2D eigenvalue weighted by atomic mass is 10.3. The van der Waals surface area contributed by atoms with E-state index in [0.29, 0.717) is 18.8 Å². The zero-order chi connectivity index (χ0) is 13.7. The number of hydrogen-bond acceptors (Lipinski definition) is 4. The molecule has 0 saturated carbocycles. The summed E-state index contributed by atoms with van der Waals surface area (Å²) in [6.45, 7) is 1.18. The topological polar surface area (TPSA) is 77.0 Å². The molecule has 0 bridgehead atoms. The van der Waals surface area contributed by atoms with Gasteiger partial charge in [-0.3, -0.25) is 4.79 Å². The van der Waals surface area contributed by atoms with Gasteiger partial charge in [0.1, 0.15) is 0 Å². The van der Waals surface area contributed by atoms with E-state index in [1.54, 1.807) is 11.9 Å². The van der Waals surface area contributed by atoms with E-state index in [0.717, 1.165) is 12.1 Å². The molecule has 100 valence electrons. The maximum atomic E-state index is 12.1. The second-order valence-electron chi connectivity index (χ2n) is 4.22. The van der Waals surface area contributed by atoms with Gasteiger partial charge in [-0.1, -0.05) is 18.2 Å². The van der Waals surface area contributed by atoms with E-state index < -0.39 is 0 Å². The Hall–Kier alpha value is -2.21. The molecule has 6 heteroatoms. The van der Waals surface area contributed by atoms with Gasteiger partial charge in [0.15, 0.2) is 5.69 Å². The van der Waals surface area contributed by atoms with Crippen molar-refractivity contribution in [3.05, 3.63) is 42.2 Å². The maximum Gasteiger partial charge on any atom is 0.275 e. The van der Waals surface area contributed by atoms with Gasteiger partial charge < -0.3 is 10.6 Å². The molecule has 0 aliphatic heterocycles. The number of carbonyl (C=O) groups excluding carboxylic acids is 1. The van der Waals surface area contributed by atoms with Crippen molar-refractivity contribution in [3.63, 3.8) is 0 Å². The highest BCUT2D eigenvalue weighted by molar-refractivity contribution is 5.91. The molecule has 2 rings (SSSR count). The number of carbonyl (C=O) groups is 1. The first-order valence-electron chi connectivity index (χ1n) is 6.15. The zero-order valence-electron chi connectivity index (χ0n) is 10.9. The summed E-state index contributed by atoms with van der Waals surface area (Å²) in [7, 11) is 1.74. The SMILES string of the molecule is CN(CCCN)C(=O)c1cnn(-c2ccccc2)n1. The van der Waals surface area contributed by atoms with Crippen LogP contribution in [0.25, 0.3) is 5.69 Å². The third-order valence-electron chi connectivity index (χ3n) is 2.74. The fraction of sp³-hybridized carbons (Fsp3) is 0.308. The highest BCUT2D eigenvalue weighted by Gasteiger charge is 2.15. The Morgan fingerprint density at radius 3 is 2.79 bits per heavy atom. The summed E-state index contributed by atoms with van der Waals surface area (Å²) in [5.74, 6) is -0.143. The van der Waals surface area contributed by atoms with Crippen LogP contribution in [-0.4, -0.2) is 45.9 Å². The van der Waals surface area contributed by atoms with Gasteiger partial charge in [0.25, 0.3) is 5.91 Å². The molecule has 0 unspecified atom stereocenters. The second kappa shape index (κ2) is 6.10. The van der Waals surface area contributed by atoms with E-state index in [4.69, 9.17) is 5.73 Å². The largest absolute Gasteiger partial charge is 0.340 e. The molecule has 0 radical (unpaired) electrons. The average Bonchev–Trinajstić information content (AvgIpc) is 2.94. The summed E-state index contributed by atoms with van der Waals surface area (Å²) >= 11 is 0. The van der Waals surface area contributed by atoms with E-state index in [1.807, 2.05) is 30.3 Å². The first-order valence-corrected chi connectivity index (χ1v) is 6.15. The fourth-order valence-electron chi connectivity index (χ4n) is 1.67. The molecule has 1 heterocycles. The quantitative estimate of drug-likeness (QED) is 0.857. The van der Waals surface area contributed by atoms with E-state index in [1.165, 1.54) is 11.0 Å². The van der Waals surface area contributed by atoms with Gasteiger partial charge in [0, 0.05) is 13.6 Å². The Labute approximate surface area is 111 Å². The van der Waals surface area contributed by atoms with Crippen LogP contribution < -0.4 is 5.73 Å². The molecule has 1 aromatic carbocycles. The minimum absolute atomic E-state index is 0.143. The predicted molar refractivity (Wildman–Crippen MR) is 72.0 cm³/mol. The molecule has 0 spiro atoms. The standard InChI is InChI=1S/C13H17N5O/c1-17(9-5-8-14)13(19)12-10-15-18(16-12)11-6-3-2-4-7-11/h2-4,6-7,10H,5,8-9,14H2,1H3. The zero-order valence-corrected chi connectivity index (χ0v) is 10.9. The Kier molecular flexibility index (Phi) is 4.25. The number of nitrogens with two attached hydrogens (primary N) is 1. The van der Waals surface area contributed by atoms with Crippen LogP contribution in [0, 0.1) is 0 Å². The third-order valence-corrected chi connectivity index (χ3v) is 2.74. The van der Waals surface area contributed by atoms with Gasteiger partial charge in [-0.2, -0.15) is 9.90 Å². The Balaban J connectivity index is 2.11. The minimum Gasteiger partial charge on any atom is -0.340 e. The van der Waals surface area contributed by atoms with Crippen molar-refractivity contribution in [2.24, 2.45) is 5.73 Å². The molecule has 0 atom stereocenters. The van der Waals surface area contributed by atoms with Gasteiger partial charge >= 0.3 is 0 Å². The monoisotopic (exact) mass is 259 g/mol. The van der Waals surface area contributed by atoms with Crippen molar-refractivity contribution >= 4 is 5.91 Å². The fourth-order valence-corrected chi connectivity index (χ4v) is 1.67. The number of nitrogens with zero attached hydrogens (tertiary/aromatic N) is 4. The van der Waals surface area contributed by atoms with Crippen LogP contribution >= 0.6 is 0 Å². The number of hydrogen-bond donors (Lipinski definition) is 1. The lowest BCUT2D eigenvalue weighted by molar-refractivity contribution is 0.0788. The van der Waals surface area contributed by atoms with E-state index >= 15 is 0 Å². The third kappa shape index (κ3) is 3.17. The minimum atomic E-state index is -0.143. The number of rotatable bonds is 5. The smallest absolute Gasteiger partial charge is 0.275 e. The maximum absolute atomic E-state index is 12.1. The highest BCUT2D eigenvalue weighted by Crippen LogP contribution is 2.05. The molecule has 2 N–H and O–H groups in total. The number of aromatic nitrogens is 3. The molecule has 2 aromatic rings. The van der Waals surface area contributed by atoms with Gasteiger partial charge in [-0.25, -0.2) is 0 Å². The molecule has 1 amide bonds. The summed E-state index contributed by atoms with van der Waals surface area (Å²) in [4.78, 5) is 15.1. The Bertz CT molecular complexity index is 537. The van der Waals surface area contributed by atoms with Crippen molar-refractivity contribution in [3.8, 4) is 5.69 Å². The number of benzene rings is 1. The van der Waals surface area contributed by atoms with Gasteiger partial charge in [-0.05, 0) is 25.1 Å². The van der Waals surface area contributed by atoms with Crippen LogP contribution in [0.2, 0.25) is 0 Å². The van der Waals surface area contributed by atoms with Gasteiger partial charge in [-0.15, -0.1) is 5.10 Å². The molecule has 0 aliphatic rings. The van der Waals surface area contributed by atoms with Crippen molar-refractivity contribution < 1.29 is 4.79 Å². The molecule has 0 aliphatic carbocycles. The summed E-state index contributed by atoms with van der Waals surface area (Å²) in [5, 5.41) is 8.30. The summed E-state index contributed by atoms with van der Waals surface area (Å²) in [5.41, 5.74) is 6.59. The molecule has 19 heavy (non-hydrogen) atoms. The number of para-hydroxylation sites is 1. The summed E-state index contributed by atoms with van der Waals surface area (Å²) < 4.78 is 0. The van der Waals surface area contributed by atoms with Gasteiger partial charge in [0.2, 0.25) is 0 Å². The normalized spacial score (nSPS) is 10.4. The van der Waals surface area contributed by atoms with Crippen molar-refractivity contribution in [1.29, 1.82) is 0 Å². The predicted octanol–water partition coefficient (Wildman–Crippen LogP) is 0.688. The van der Waals surface area contributed by atoms with Crippen molar-refractivity contribution in [1.82, 2.24) is 19.9 Å². The van der Waals surface area contributed by atoms with Crippen LogP contribution in [0.1, 0.15) is 16.9 Å². The average molecular weight is 259 g/mol. The van der Waals surface area contributed by atoms with Crippen LogP contribution in [0.3, 0.4) is 0 Å². The van der Waals surface area contributed by atoms with Crippen molar-refractivity contribution in [2.75, 3.05) is 20.1 Å². The molecular weight excluding hydrogens is 242 g/mol. The highest BCUT2D eigenvalue weighted by atomic mass is 16.2. The Morgan fingerprint density at radius 1 is 1.37 bits per heavy atom. The number of amides is 1. The lowest BCUT2D eigenvalue weighted by Gasteiger charge is -2.14. The molecule has 0 fully saturated rings. The first kappa shape index (κ1) is 13.2. The molecule has 6 nitrogen and oxygen atoms in total. The Morgan fingerprint density at radius 2 is 2.11 bits per heavy atom. The summed E-state index contributed by atoms with van der Waals surface area (Å²) in [6.07, 6.45) is 2.25. The van der Waals surface area contributed by atoms with Gasteiger partial charge in [0.05, 0.1) is 11.9 Å². The van der Waals surface area contributed by atoms with E-state index in [9.17, 15) is 4.79 Å². The molecular formula is C13H17N5O. The van der Waals surface area contributed by atoms with E-state index in [-0.39, 0.29) is 5.91 Å². The van der Waals surface area contributed by atoms with Crippen molar-refractivity contribution in [2.45, 2.75) is 6.42 Å². The molecule has 1 aromatic heterocycles. The van der Waals surface area contributed by atoms with Crippen LogP contribution in [0.5, 0.6) is 0 Å². The second-order valence-corrected chi connectivity index (χ2v) is 4.22. The van der Waals surface area contributed by atoms with E-state index in [2.05, 4.69) is 10.2 Å². The first-order chi connectivity index (χ1) is 9.22. The summed E-state index contributed by atoms with van der Waals surface area (Å²) in [6, 6.07) is 9.47.